The fraction of sp³-hybridized carbons (Fsp3) is 0.464. The predicted octanol–water partition coefficient (Wildman–Crippen LogP) is 4.17. The van der Waals surface area contributed by atoms with E-state index < -0.39 is 24.0 Å². The van der Waals surface area contributed by atoms with E-state index >= 15 is 0 Å². The predicted molar refractivity (Wildman–Crippen MR) is 131 cm³/mol. The molecule has 0 aliphatic heterocycles. The van der Waals surface area contributed by atoms with E-state index in [1.54, 1.807) is 13.8 Å². The zero-order chi connectivity index (χ0) is 24.7. The molecule has 3 unspecified atom stereocenters. The molecule has 0 bridgehead atoms. The van der Waals surface area contributed by atoms with Crippen molar-refractivity contribution in [3.05, 3.63) is 59.7 Å². The van der Waals surface area contributed by atoms with Gasteiger partial charge in [0, 0.05) is 23.9 Å². The third-order valence-corrected chi connectivity index (χ3v) is 8.35. The van der Waals surface area contributed by atoms with Crippen molar-refractivity contribution in [2.24, 2.45) is 23.7 Å². The Hall–Kier alpha value is -3.35. The molecule has 0 aromatic heterocycles. The lowest BCUT2D eigenvalue weighted by Gasteiger charge is -2.40. The first-order chi connectivity index (χ1) is 16.8. The average molecular weight is 477 g/mol. The van der Waals surface area contributed by atoms with Crippen LogP contribution in [0.1, 0.15) is 50.2 Å². The number of carbonyl (C=O) groups excluding carboxylic acids is 2. The number of hydrogen-bond donors (Lipinski definition) is 3. The highest BCUT2D eigenvalue weighted by Crippen LogP contribution is 2.50. The summed E-state index contributed by atoms with van der Waals surface area (Å²) in [5.74, 6) is -1.08. The second-order valence-corrected chi connectivity index (χ2v) is 10.3. The first-order valence-corrected chi connectivity index (χ1v) is 12.5. The van der Waals surface area contributed by atoms with Crippen LogP contribution in [0.15, 0.2) is 48.5 Å². The van der Waals surface area contributed by atoms with Gasteiger partial charge in [-0.25, -0.2) is 4.79 Å². The lowest BCUT2D eigenvalue weighted by atomic mass is 9.71. The summed E-state index contributed by atoms with van der Waals surface area (Å²) in [6, 6.07) is 16.1. The number of ether oxygens (including phenoxy) is 1. The fourth-order valence-corrected chi connectivity index (χ4v) is 6.08. The molecule has 0 heterocycles. The van der Waals surface area contributed by atoms with Crippen LogP contribution in [0.5, 0.6) is 0 Å². The third-order valence-electron chi connectivity index (χ3n) is 8.35. The molecule has 6 atom stereocenters. The molecule has 2 aromatic rings. The number of rotatable bonds is 7. The van der Waals surface area contributed by atoms with Gasteiger partial charge in [0.05, 0.1) is 5.92 Å². The van der Waals surface area contributed by atoms with Crippen molar-refractivity contribution in [2.75, 3.05) is 6.61 Å². The van der Waals surface area contributed by atoms with E-state index in [0.29, 0.717) is 12.3 Å². The van der Waals surface area contributed by atoms with Gasteiger partial charge in [0.1, 0.15) is 6.61 Å². The van der Waals surface area contributed by atoms with Gasteiger partial charge in [-0.05, 0) is 67.2 Å². The van der Waals surface area contributed by atoms with Gasteiger partial charge >= 0.3 is 12.1 Å². The van der Waals surface area contributed by atoms with Crippen LogP contribution in [-0.2, 0) is 14.3 Å². The molecular formula is C28H32N2O5. The number of aliphatic carboxylic acids is 1. The van der Waals surface area contributed by atoms with Crippen LogP contribution in [-0.4, -0.2) is 41.8 Å². The van der Waals surface area contributed by atoms with Crippen molar-refractivity contribution in [1.29, 1.82) is 0 Å². The molecule has 2 saturated carbocycles. The Morgan fingerprint density at radius 1 is 0.971 bits per heavy atom. The van der Waals surface area contributed by atoms with E-state index in [-0.39, 0.29) is 36.3 Å². The molecule has 0 radical (unpaired) electrons. The molecule has 0 saturated heterocycles. The van der Waals surface area contributed by atoms with E-state index in [4.69, 9.17) is 9.84 Å². The molecule has 2 aromatic carbocycles. The average Bonchev–Trinajstić information content (AvgIpc) is 3.35. The van der Waals surface area contributed by atoms with Crippen molar-refractivity contribution >= 4 is 18.0 Å². The monoisotopic (exact) mass is 476 g/mol. The Kier molecular flexibility index (Phi) is 6.26. The summed E-state index contributed by atoms with van der Waals surface area (Å²) in [7, 11) is 0. The maximum absolute atomic E-state index is 12.7. The number of hydrogen-bond acceptors (Lipinski definition) is 4. The smallest absolute Gasteiger partial charge is 0.407 e. The highest BCUT2D eigenvalue weighted by Gasteiger charge is 2.50. The first kappa shape index (κ1) is 23.4. The summed E-state index contributed by atoms with van der Waals surface area (Å²) >= 11 is 0. The highest BCUT2D eigenvalue weighted by molar-refractivity contribution is 5.81. The summed E-state index contributed by atoms with van der Waals surface area (Å²) in [5.41, 5.74) is 4.75. The van der Waals surface area contributed by atoms with Crippen LogP contribution < -0.4 is 10.6 Å². The molecule has 3 N–H and O–H groups in total. The SMILES string of the molecule is CC(NC(=O)C1C[C@@H]2C[C@H](NC(=O)OCC3c4ccccc4-c4ccccc43)[C@@H]2C1)C(C)C(=O)O. The number of nitrogens with one attached hydrogen (secondary N) is 2. The quantitative estimate of drug-likeness (QED) is 0.557. The van der Waals surface area contributed by atoms with Crippen LogP contribution in [0.4, 0.5) is 4.79 Å². The lowest BCUT2D eigenvalue weighted by molar-refractivity contribution is -0.142. The molecular weight excluding hydrogens is 444 g/mol. The van der Waals surface area contributed by atoms with Gasteiger partial charge in [0.25, 0.3) is 0 Å². The van der Waals surface area contributed by atoms with Gasteiger partial charge in [-0.3, -0.25) is 9.59 Å². The summed E-state index contributed by atoms with van der Waals surface area (Å²) < 4.78 is 5.69. The van der Waals surface area contributed by atoms with Crippen molar-refractivity contribution in [1.82, 2.24) is 10.6 Å². The Morgan fingerprint density at radius 3 is 2.23 bits per heavy atom. The van der Waals surface area contributed by atoms with E-state index in [1.165, 1.54) is 22.3 Å². The minimum Gasteiger partial charge on any atom is -0.481 e. The van der Waals surface area contributed by atoms with Gasteiger partial charge < -0.3 is 20.5 Å². The molecule has 184 valence electrons. The minimum atomic E-state index is -0.920. The van der Waals surface area contributed by atoms with E-state index in [9.17, 15) is 14.4 Å². The van der Waals surface area contributed by atoms with Gasteiger partial charge in [0.2, 0.25) is 5.91 Å². The van der Waals surface area contributed by atoms with Crippen LogP contribution in [0, 0.1) is 23.7 Å². The zero-order valence-electron chi connectivity index (χ0n) is 20.1. The van der Waals surface area contributed by atoms with Crippen molar-refractivity contribution < 1.29 is 24.2 Å². The van der Waals surface area contributed by atoms with Crippen LogP contribution >= 0.6 is 0 Å². The van der Waals surface area contributed by atoms with E-state index in [2.05, 4.69) is 34.9 Å². The Bertz CT molecular complexity index is 1100. The molecule has 3 aliphatic rings. The normalized spacial score (nSPS) is 25.9. The van der Waals surface area contributed by atoms with Crippen LogP contribution in [0.2, 0.25) is 0 Å². The molecule has 2 amide bonds. The minimum absolute atomic E-state index is 0.0174. The first-order valence-electron chi connectivity index (χ1n) is 12.5. The Morgan fingerprint density at radius 2 is 1.60 bits per heavy atom. The number of carbonyl (C=O) groups is 3. The second-order valence-electron chi connectivity index (χ2n) is 10.3. The van der Waals surface area contributed by atoms with E-state index in [0.717, 1.165) is 12.8 Å². The highest BCUT2D eigenvalue weighted by atomic mass is 16.5. The number of carboxylic acids is 1. The van der Waals surface area contributed by atoms with Crippen LogP contribution in [0.25, 0.3) is 11.1 Å². The van der Waals surface area contributed by atoms with E-state index in [1.807, 2.05) is 24.3 Å². The summed E-state index contributed by atoms with van der Waals surface area (Å²) in [6.07, 6.45) is 1.93. The number of fused-ring (bicyclic) bond motifs is 4. The molecule has 0 spiro atoms. The Labute approximate surface area is 205 Å². The van der Waals surface area contributed by atoms with Gasteiger partial charge in [-0.15, -0.1) is 0 Å². The van der Waals surface area contributed by atoms with Crippen molar-refractivity contribution in [3.8, 4) is 11.1 Å². The zero-order valence-corrected chi connectivity index (χ0v) is 20.1. The maximum Gasteiger partial charge on any atom is 0.407 e. The molecule has 7 nitrogen and oxygen atoms in total. The van der Waals surface area contributed by atoms with Crippen LogP contribution in [0.3, 0.4) is 0 Å². The number of carboxylic acid groups (broad SMARTS) is 1. The Balaban J connectivity index is 1.13. The molecule has 2 fully saturated rings. The second kappa shape index (κ2) is 9.36. The summed E-state index contributed by atoms with van der Waals surface area (Å²) in [4.78, 5) is 36.5. The van der Waals surface area contributed by atoms with Gasteiger partial charge in [-0.1, -0.05) is 48.5 Å². The third kappa shape index (κ3) is 4.40. The number of amides is 2. The molecule has 3 aliphatic carbocycles. The largest absolute Gasteiger partial charge is 0.481 e. The molecule has 35 heavy (non-hydrogen) atoms. The number of benzene rings is 2. The van der Waals surface area contributed by atoms with Crippen molar-refractivity contribution in [3.63, 3.8) is 0 Å². The fourth-order valence-electron chi connectivity index (χ4n) is 6.08. The maximum atomic E-state index is 12.7. The number of alkyl carbamates (subject to hydrolysis) is 1. The molecule has 5 rings (SSSR count). The summed E-state index contributed by atoms with van der Waals surface area (Å²) in [6.45, 7) is 3.60. The summed E-state index contributed by atoms with van der Waals surface area (Å²) in [5, 5.41) is 15.0. The van der Waals surface area contributed by atoms with Gasteiger partial charge in [-0.2, -0.15) is 0 Å². The van der Waals surface area contributed by atoms with Crippen molar-refractivity contribution in [2.45, 2.75) is 51.1 Å². The topological polar surface area (TPSA) is 105 Å². The standard InChI is InChI=1S/C28H32N2O5/c1-15(27(32)33)16(2)29-26(31)18-11-17-13-25(23(17)12-18)30-28(34)35-14-24-21-9-5-3-7-19(21)20-8-4-6-10-22(20)24/h3-10,15-18,23-25H,11-14H2,1-2H3,(H,29,31)(H,30,34)(H,32,33)/t15?,16?,17-,18?,23-,25+/m1/s1. The molecule has 7 heteroatoms. The lowest BCUT2D eigenvalue weighted by Crippen LogP contribution is -2.50. The van der Waals surface area contributed by atoms with Gasteiger partial charge in [0.15, 0.2) is 0 Å².